The fraction of sp³-hybridized carbons (Fsp3) is 0. The first-order valence-electron chi connectivity index (χ1n) is 19.8. The fourth-order valence-electron chi connectivity index (χ4n) is 8.75. The molecule has 10 aromatic carbocycles. The summed E-state index contributed by atoms with van der Waals surface area (Å²) in [5, 5.41) is 7.66. The number of fused-ring (bicyclic) bond motifs is 6. The van der Waals surface area contributed by atoms with Crippen LogP contribution in [0.2, 0.25) is 0 Å². The molecule has 0 unspecified atom stereocenters. The molecule has 0 atom stereocenters. The van der Waals surface area contributed by atoms with Crippen LogP contribution in [0.4, 0.5) is 17.1 Å². The molecule has 0 spiro atoms. The van der Waals surface area contributed by atoms with Crippen molar-refractivity contribution in [2.24, 2.45) is 0 Å². The minimum absolute atomic E-state index is 1.11. The molecule has 272 valence electrons. The normalized spacial score (nSPS) is 11.4. The summed E-state index contributed by atoms with van der Waals surface area (Å²) in [6.45, 7) is 0. The van der Waals surface area contributed by atoms with Crippen LogP contribution in [0.5, 0.6) is 0 Å². The van der Waals surface area contributed by atoms with E-state index < -0.39 is 0 Å². The summed E-state index contributed by atoms with van der Waals surface area (Å²) < 4.78 is 2.56. The van der Waals surface area contributed by atoms with E-state index in [1.54, 1.807) is 0 Å². The molecule has 0 aliphatic carbocycles. The third kappa shape index (κ3) is 5.86. The number of thiophene rings is 1. The van der Waals surface area contributed by atoms with E-state index in [1.807, 2.05) is 11.3 Å². The van der Waals surface area contributed by atoms with Gasteiger partial charge < -0.3 is 4.90 Å². The van der Waals surface area contributed by atoms with Crippen molar-refractivity contribution >= 4 is 70.1 Å². The maximum absolute atomic E-state index is 2.48. The Morgan fingerprint density at radius 3 is 1.66 bits per heavy atom. The summed E-state index contributed by atoms with van der Waals surface area (Å²) in [7, 11) is 0. The van der Waals surface area contributed by atoms with E-state index >= 15 is 0 Å². The summed E-state index contributed by atoms with van der Waals surface area (Å²) in [5.41, 5.74) is 13.0. The lowest BCUT2D eigenvalue weighted by atomic mass is 9.88. The first kappa shape index (κ1) is 34.0. The highest BCUT2D eigenvalue weighted by Gasteiger charge is 2.23. The fourth-order valence-corrected chi connectivity index (χ4v) is 9.95. The van der Waals surface area contributed by atoms with Gasteiger partial charge in [-0.05, 0) is 96.9 Å². The van der Waals surface area contributed by atoms with Gasteiger partial charge in [-0.3, -0.25) is 0 Å². The molecule has 0 N–H and O–H groups in total. The third-order valence-corrected chi connectivity index (χ3v) is 12.7. The van der Waals surface area contributed by atoms with Gasteiger partial charge >= 0.3 is 0 Å². The zero-order valence-corrected chi connectivity index (χ0v) is 32.5. The van der Waals surface area contributed by atoms with E-state index in [-0.39, 0.29) is 0 Å². The van der Waals surface area contributed by atoms with Crippen molar-refractivity contribution in [3.05, 3.63) is 224 Å². The van der Waals surface area contributed by atoms with Gasteiger partial charge in [-0.2, -0.15) is 0 Å². The van der Waals surface area contributed by atoms with E-state index in [0.29, 0.717) is 0 Å². The number of anilines is 3. The molecule has 11 aromatic rings. The van der Waals surface area contributed by atoms with Crippen LogP contribution >= 0.6 is 11.3 Å². The lowest BCUT2D eigenvalue weighted by Gasteiger charge is -2.29. The van der Waals surface area contributed by atoms with Gasteiger partial charge in [0.25, 0.3) is 0 Å². The van der Waals surface area contributed by atoms with Crippen molar-refractivity contribution in [2.75, 3.05) is 4.90 Å². The monoisotopic (exact) mass is 755 g/mol. The van der Waals surface area contributed by atoms with Gasteiger partial charge in [0, 0.05) is 26.7 Å². The number of hydrogen-bond acceptors (Lipinski definition) is 2. The zero-order chi connectivity index (χ0) is 38.4. The first-order valence-corrected chi connectivity index (χ1v) is 20.7. The number of hydrogen-bond donors (Lipinski definition) is 0. The average molecular weight is 756 g/mol. The maximum atomic E-state index is 2.48. The van der Waals surface area contributed by atoms with E-state index in [9.17, 15) is 0 Å². The second-order valence-electron chi connectivity index (χ2n) is 14.8. The van der Waals surface area contributed by atoms with Crippen molar-refractivity contribution in [1.29, 1.82) is 0 Å². The Hall–Kier alpha value is -7.26. The Morgan fingerprint density at radius 1 is 0.293 bits per heavy atom. The standard InChI is InChI=1S/C56H37NS/c1-2-15-39(16-3-1)45-19-6-7-20-47(45)48-21-8-9-22-49(48)50-23-10-12-26-53(50)57(54-27-14-25-52-51-24-11-13-28-55(51)58-56(52)54)43-34-31-38(32-35-43)41-33-36-46-42(37-41)30-29-40-17-4-5-18-44(40)46/h1-37H. The minimum Gasteiger partial charge on any atom is -0.308 e. The van der Waals surface area contributed by atoms with Crippen LogP contribution in [0.1, 0.15) is 0 Å². The van der Waals surface area contributed by atoms with Crippen molar-refractivity contribution in [1.82, 2.24) is 0 Å². The smallest absolute Gasteiger partial charge is 0.0640 e. The highest BCUT2D eigenvalue weighted by molar-refractivity contribution is 7.26. The van der Waals surface area contributed by atoms with Crippen LogP contribution in [-0.2, 0) is 0 Å². The molecule has 11 rings (SSSR count). The van der Waals surface area contributed by atoms with Gasteiger partial charge in [-0.25, -0.2) is 0 Å². The molecule has 1 nitrogen and oxygen atoms in total. The van der Waals surface area contributed by atoms with E-state index in [1.165, 1.54) is 91.9 Å². The summed E-state index contributed by atoms with van der Waals surface area (Å²) in [6, 6.07) is 81.9. The third-order valence-electron chi connectivity index (χ3n) is 11.5. The summed E-state index contributed by atoms with van der Waals surface area (Å²) in [5.74, 6) is 0. The molecule has 0 saturated heterocycles. The predicted molar refractivity (Wildman–Crippen MR) is 251 cm³/mol. The molecule has 0 aliphatic rings. The second-order valence-corrected chi connectivity index (χ2v) is 15.9. The first-order chi connectivity index (χ1) is 28.8. The minimum atomic E-state index is 1.11. The summed E-state index contributed by atoms with van der Waals surface area (Å²) in [4.78, 5) is 2.48. The van der Waals surface area contributed by atoms with Crippen LogP contribution in [0.15, 0.2) is 224 Å². The Labute approximate surface area is 342 Å². The summed E-state index contributed by atoms with van der Waals surface area (Å²) in [6.07, 6.45) is 0. The molecule has 0 fully saturated rings. The van der Waals surface area contributed by atoms with Crippen molar-refractivity contribution in [3.8, 4) is 44.5 Å². The molecular formula is C56H37NS. The Kier molecular flexibility index (Phi) is 8.42. The van der Waals surface area contributed by atoms with Crippen LogP contribution in [-0.4, -0.2) is 0 Å². The zero-order valence-electron chi connectivity index (χ0n) is 31.7. The molecule has 0 amide bonds. The molecule has 1 heterocycles. The number of para-hydroxylation sites is 1. The Morgan fingerprint density at radius 2 is 0.845 bits per heavy atom. The molecule has 2 heteroatoms. The van der Waals surface area contributed by atoms with Gasteiger partial charge in [-0.15, -0.1) is 11.3 Å². The molecule has 0 bridgehead atoms. The highest BCUT2D eigenvalue weighted by Crippen LogP contribution is 2.49. The van der Waals surface area contributed by atoms with Gasteiger partial charge in [0.15, 0.2) is 0 Å². The molecular weight excluding hydrogens is 719 g/mol. The number of benzene rings is 10. The molecule has 0 radical (unpaired) electrons. The van der Waals surface area contributed by atoms with E-state index in [4.69, 9.17) is 0 Å². The molecule has 0 aliphatic heterocycles. The lowest BCUT2D eigenvalue weighted by Crippen LogP contribution is -2.11. The average Bonchev–Trinajstić information content (AvgIpc) is 3.69. The van der Waals surface area contributed by atoms with E-state index in [2.05, 4.69) is 229 Å². The van der Waals surface area contributed by atoms with Gasteiger partial charge in [-0.1, -0.05) is 188 Å². The molecule has 58 heavy (non-hydrogen) atoms. The number of rotatable bonds is 7. The largest absolute Gasteiger partial charge is 0.308 e. The van der Waals surface area contributed by atoms with E-state index in [0.717, 1.165) is 11.4 Å². The van der Waals surface area contributed by atoms with Crippen LogP contribution < -0.4 is 4.90 Å². The quantitative estimate of drug-likeness (QED) is 0.146. The SMILES string of the molecule is c1ccc(-c2ccccc2-c2ccccc2-c2ccccc2N(c2ccc(-c3ccc4c(ccc5ccccc54)c3)cc2)c2cccc3c2sc2ccccc23)cc1. The van der Waals surface area contributed by atoms with Crippen LogP contribution in [0.3, 0.4) is 0 Å². The molecule has 0 saturated carbocycles. The van der Waals surface area contributed by atoms with Crippen molar-refractivity contribution in [3.63, 3.8) is 0 Å². The van der Waals surface area contributed by atoms with Crippen LogP contribution in [0, 0.1) is 0 Å². The topological polar surface area (TPSA) is 3.24 Å². The lowest BCUT2D eigenvalue weighted by molar-refractivity contribution is 1.30. The summed E-state index contributed by atoms with van der Waals surface area (Å²) >= 11 is 1.87. The Bertz CT molecular complexity index is 3290. The predicted octanol–water partition coefficient (Wildman–Crippen LogP) is 16.5. The highest BCUT2D eigenvalue weighted by atomic mass is 32.1. The number of nitrogens with zero attached hydrogens (tertiary/aromatic N) is 1. The van der Waals surface area contributed by atoms with Gasteiger partial charge in [0.1, 0.15) is 0 Å². The molecule has 1 aromatic heterocycles. The Balaban J connectivity index is 1.09. The van der Waals surface area contributed by atoms with Crippen molar-refractivity contribution in [2.45, 2.75) is 0 Å². The van der Waals surface area contributed by atoms with Gasteiger partial charge in [0.2, 0.25) is 0 Å². The van der Waals surface area contributed by atoms with Crippen molar-refractivity contribution < 1.29 is 0 Å². The maximum Gasteiger partial charge on any atom is 0.0640 e. The second kappa shape index (κ2) is 14.4. The van der Waals surface area contributed by atoms with Crippen LogP contribution in [0.25, 0.3) is 86.2 Å². The van der Waals surface area contributed by atoms with Gasteiger partial charge in [0.05, 0.1) is 16.1 Å².